The summed E-state index contributed by atoms with van der Waals surface area (Å²) in [6.45, 7) is 1.33. The molecule has 112 valence electrons. The highest BCUT2D eigenvalue weighted by Gasteiger charge is 2.14. The number of amides is 2. The van der Waals surface area contributed by atoms with Crippen LogP contribution in [0.2, 0.25) is 0 Å². The minimum Gasteiger partial charge on any atom is -0.365 e. The summed E-state index contributed by atoms with van der Waals surface area (Å²) in [5.74, 6) is -1.00. The van der Waals surface area contributed by atoms with Crippen LogP contribution in [0.5, 0.6) is 0 Å². The third-order valence-electron chi connectivity index (χ3n) is 2.68. The molecule has 1 rings (SSSR count). The number of carbonyl (C=O) groups excluding carboxylic acids is 3. The Balaban J connectivity index is 2.86. The predicted octanol–water partition coefficient (Wildman–Crippen LogP) is 1.29. The highest BCUT2D eigenvalue weighted by molar-refractivity contribution is 6.03. The van der Waals surface area contributed by atoms with E-state index < -0.39 is 11.8 Å². The summed E-state index contributed by atoms with van der Waals surface area (Å²) in [6, 6.07) is 7.35. The summed E-state index contributed by atoms with van der Waals surface area (Å²) in [5.41, 5.74) is 1.57. The van der Waals surface area contributed by atoms with Crippen molar-refractivity contribution in [3.8, 4) is 0 Å². The van der Waals surface area contributed by atoms with Crippen molar-refractivity contribution in [2.45, 2.75) is 6.92 Å². The molecule has 0 saturated heterocycles. The molecule has 0 radical (unpaired) electrons. The highest BCUT2D eigenvalue weighted by Crippen LogP contribution is 2.16. The third-order valence-corrected chi connectivity index (χ3v) is 2.68. The predicted molar refractivity (Wildman–Crippen MR) is 79.4 cm³/mol. The Bertz CT molecular complexity index is 540. The first-order valence-electron chi connectivity index (χ1n) is 6.35. The number of aldehydes is 1. The molecule has 0 spiro atoms. The van der Waals surface area contributed by atoms with E-state index in [9.17, 15) is 14.4 Å². The van der Waals surface area contributed by atoms with Crippen LogP contribution in [0.15, 0.2) is 30.3 Å². The molecule has 0 saturated carbocycles. The van der Waals surface area contributed by atoms with Crippen molar-refractivity contribution in [3.05, 3.63) is 35.9 Å². The molecule has 1 aromatic carbocycles. The average molecular weight is 290 g/mol. The van der Waals surface area contributed by atoms with Crippen LogP contribution in [0.1, 0.15) is 12.5 Å². The Kier molecular flexibility index (Phi) is 6.83. The standard InChI is InChI=1S/C15H18N2O4/c1-12(19)17(9-10-18)15(20)8-7-13-5-3-4-6-14(13)16-11-21-2/h3-8,10,16H,9,11H2,1-2H3/b8-7+. The van der Waals surface area contributed by atoms with Gasteiger partial charge in [0.15, 0.2) is 0 Å². The van der Waals surface area contributed by atoms with Gasteiger partial charge in [-0.25, -0.2) is 0 Å². The monoisotopic (exact) mass is 290 g/mol. The first-order chi connectivity index (χ1) is 10.1. The minimum absolute atomic E-state index is 0.248. The Morgan fingerprint density at radius 1 is 1.33 bits per heavy atom. The molecule has 0 aliphatic rings. The number of benzene rings is 1. The fraction of sp³-hybridized carbons (Fsp3) is 0.267. The van der Waals surface area contributed by atoms with Gasteiger partial charge in [-0.1, -0.05) is 18.2 Å². The second kappa shape index (κ2) is 8.65. The molecule has 21 heavy (non-hydrogen) atoms. The minimum atomic E-state index is -0.531. The van der Waals surface area contributed by atoms with Crippen LogP contribution in [0.3, 0.4) is 0 Å². The molecule has 1 aromatic rings. The Hall–Kier alpha value is -2.47. The van der Waals surface area contributed by atoms with E-state index in [1.54, 1.807) is 13.2 Å². The lowest BCUT2D eigenvalue weighted by molar-refractivity contribution is -0.141. The zero-order chi connectivity index (χ0) is 15.7. The van der Waals surface area contributed by atoms with E-state index in [0.29, 0.717) is 13.0 Å². The van der Waals surface area contributed by atoms with Gasteiger partial charge in [0.2, 0.25) is 5.91 Å². The number of ether oxygens (including phenoxy) is 1. The molecule has 0 unspecified atom stereocenters. The lowest BCUT2D eigenvalue weighted by atomic mass is 10.1. The SMILES string of the molecule is COCNc1ccccc1/C=C/C(=O)N(CC=O)C(C)=O. The topological polar surface area (TPSA) is 75.7 Å². The second-order valence-corrected chi connectivity index (χ2v) is 4.16. The van der Waals surface area contributed by atoms with E-state index >= 15 is 0 Å². The van der Waals surface area contributed by atoms with E-state index in [1.807, 2.05) is 24.3 Å². The van der Waals surface area contributed by atoms with Crippen molar-refractivity contribution < 1.29 is 19.1 Å². The molecule has 0 aromatic heterocycles. The quantitative estimate of drug-likeness (QED) is 0.465. The number of carbonyl (C=O) groups is 3. The van der Waals surface area contributed by atoms with Crippen LogP contribution < -0.4 is 5.32 Å². The molecular formula is C15H18N2O4. The molecule has 0 aliphatic carbocycles. The number of methoxy groups -OCH3 is 1. The largest absolute Gasteiger partial charge is 0.365 e. The van der Waals surface area contributed by atoms with Gasteiger partial charge < -0.3 is 14.8 Å². The number of para-hydroxylation sites is 1. The van der Waals surface area contributed by atoms with Crippen molar-refractivity contribution in [2.75, 3.05) is 25.7 Å². The van der Waals surface area contributed by atoms with Crippen molar-refractivity contribution in [2.24, 2.45) is 0 Å². The molecule has 6 heteroatoms. The Morgan fingerprint density at radius 2 is 2.05 bits per heavy atom. The van der Waals surface area contributed by atoms with Crippen molar-refractivity contribution in [3.63, 3.8) is 0 Å². The van der Waals surface area contributed by atoms with Crippen LogP contribution >= 0.6 is 0 Å². The lowest BCUT2D eigenvalue weighted by Gasteiger charge is -2.13. The zero-order valence-electron chi connectivity index (χ0n) is 12.0. The van der Waals surface area contributed by atoms with Gasteiger partial charge in [0.1, 0.15) is 13.0 Å². The second-order valence-electron chi connectivity index (χ2n) is 4.16. The van der Waals surface area contributed by atoms with E-state index in [4.69, 9.17) is 4.74 Å². The summed E-state index contributed by atoms with van der Waals surface area (Å²) in [6.07, 6.45) is 3.36. The number of nitrogens with one attached hydrogen (secondary N) is 1. The van der Waals surface area contributed by atoms with E-state index in [-0.39, 0.29) is 6.54 Å². The van der Waals surface area contributed by atoms with Gasteiger partial charge in [-0.2, -0.15) is 0 Å². The van der Waals surface area contributed by atoms with Gasteiger partial charge in [0.05, 0.1) is 6.54 Å². The van der Waals surface area contributed by atoms with Gasteiger partial charge in [0, 0.05) is 25.8 Å². The van der Waals surface area contributed by atoms with Crippen LogP contribution in [-0.2, 0) is 19.1 Å². The maximum atomic E-state index is 11.9. The number of anilines is 1. The maximum absolute atomic E-state index is 11.9. The molecule has 0 bridgehead atoms. The molecule has 0 atom stereocenters. The molecular weight excluding hydrogens is 272 g/mol. The average Bonchev–Trinajstić information content (AvgIpc) is 2.48. The van der Waals surface area contributed by atoms with E-state index in [1.165, 1.54) is 13.0 Å². The molecule has 0 aliphatic heterocycles. The Morgan fingerprint density at radius 3 is 2.67 bits per heavy atom. The smallest absolute Gasteiger partial charge is 0.253 e. The fourth-order valence-electron chi connectivity index (χ4n) is 1.65. The van der Waals surface area contributed by atoms with E-state index in [0.717, 1.165) is 16.2 Å². The fourth-order valence-corrected chi connectivity index (χ4v) is 1.65. The molecule has 0 fully saturated rings. The van der Waals surface area contributed by atoms with Crippen LogP contribution in [0, 0.1) is 0 Å². The van der Waals surface area contributed by atoms with Gasteiger partial charge in [-0.15, -0.1) is 0 Å². The summed E-state index contributed by atoms with van der Waals surface area (Å²) < 4.78 is 4.93. The molecule has 0 heterocycles. The van der Waals surface area contributed by atoms with E-state index in [2.05, 4.69) is 5.32 Å². The number of nitrogens with zero attached hydrogens (tertiary/aromatic N) is 1. The number of rotatable bonds is 7. The van der Waals surface area contributed by atoms with Crippen LogP contribution in [0.4, 0.5) is 5.69 Å². The number of hydrogen-bond acceptors (Lipinski definition) is 5. The van der Waals surface area contributed by atoms with Crippen molar-refractivity contribution >= 4 is 29.9 Å². The van der Waals surface area contributed by atoms with Gasteiger partial charge in [0.25, 0.3) is 5.91 Å². The molecule has 6 nitrogen and oxygen atoms in total. The van der Waals surface area contributed by atoms with Crippen LogP contribution in [0.25, 0.3) is 6.08 Å². The summed E-state index contributed by atoms with van der Waals surface area (Å²) in [4.78, 5) is 34.5. The third kappa shape index (κ3) is 5.19. The van der Waals surface area contributed by atoms with Gasteiger partial charge in [-0.3, -0.25) is 14.5 Å². The highest BCUT2D eigenvalue weighted by atomic mass is 16.5. The number of imide groups is 1. The first kappa shape index (κ1) is 16.6. The van der Waals surface area contributed by atoms with Gasteiger partial charge >= 0.3 is 0 Å². The zero-order valence-corrected chi connectivity index (χ0v) is 12.0. The molecule has 2 amide bonds. The lowest BCUT2D eigenvalue weighted by Crippen LogP contribution is -2.35. The van der Waals surface area contributed by atoms with Gasteiger partial charge in [-0.05, 0) is 17.7 Å². The molecule has 1 N–H and O–H groups in total. The summed E-state index contributed by atoms with van der Waals surface area (Å²) >= 11 is 0. The summed E-state index contributed by atoms with van der Waals surface area (Å²) in [7, 11) is 1.57. The first-order valence-corrected chi connectivity index (χ1v) is 6.35. The Labute approximate surface area is 123 Å². The summed E-state index contributed by atoms with van der Waals surface area (Å²) in [5, 5.41) is 3.04. The van der Waals surface area contributed by atoms with Crippen LogP contribution in [-0.4, -0.2) is 43.4 Å². The van der Waals surface area contributed by atoms with Crippen molar-refractivity contribution in [1.82, 2.24) is 4.90 Å². The number of hydrogen-bond donors (Lipinski definition) is 1. The normalized spacial score (nSPS) is 10.4. The van der Waals surface area contributed by atoms with Crippen molar-refractivity contribution in [1.29, 1.82) is 0 Å². The maximum Gasteiger partial charge on any atom is 0.253 e.